The van der Waals surface area contributed by atoms with Crippen LogP contribution in [0.15, 0.2) is 12.5 Å². The van der Waals surface area contributed by atoms with Gasteiger partial charge < -0.3 is 21.7 Å². The van der Waals surface area contributed by atoms with E-state index >= 15 is 0 Å². The molecule has 0 unspecified atom stereocenters. The summed E-state index contributed by atoms with van der Waals surface area (Å²) < 4.78 is 8.53. The molecule has 1 rings (SSSR count). The average molecular weight is 263 g/mol. The fraction of sp³-hybridized carbons (Fsp3) is 0.556. The summed E-state index contributed by atoms with van der Waals surface area (Å²) in [6.07, 6.45) is 5.13. The molecule has 14 heavy (non-hydrogen) atoms. The van der Waals surface area contributed by atoms with Crippen LogP contribution in [0.4, 0.5) is 0 Å². The molecule has 0 saturated carbocycles. The summed E-state index contributed by atoms with van der Waals surface area (Å²) in [5.74, 6) is -0.163. The van der Waals surface area contributed by atoms with Gasteiger partial charge in [-0.15, -0.1) is 0 Å². The van der Waals surface area contributed by atoms with Gasteiger partial charge in [0.05, 0.1) is 27.6 Å². The number of hydrogen-bond acceptors (Lipinski definition) is 2. The molecule has 0 aromatic carbocycles. The predicted molar refractivity (Wildman–Crippen MR) is 46.9 cm³/mol. The number of methoxy groups -OCH3 is 1. The normalized spacial score (nSPS) is 9.36. The number of esters is 1. The molecule has 0 N–H and O–H groups in total. The largest absolute Gasteiger partial charge is 1.00 e. The maximum absolute atomic E-state index is 10.9. The molecule has 80 valence electrons. The van der Waals surface area contributed by atoms with Crippen LogP contribution in [0, 0.1) is 0 Å². The Labute approximate surface area is 94.3 Å². The number of imidazole rings is 1. The highest BCUT2D eigenvalue weighted by Crippen LogP contribution is 1.97. The summed E-state index contributed by atoms with van der Waals surface area (Å²) in [5.41, 5.74) is 1.13. The standard InChI is InChI=1S/C9H15N2O2.BrH/c1-10-6-8(11(2)7-10)4-5-9(12)13-3;/h6-7H,4-5H2,1-3H3;1H/q+1;/p-1. The minimum Gasteiger partial charge on any atom is -1.00 e. The van der Waals surface area contributed by atoms with Gasteiger partial charge in [-0.2, -0.15) is 0 Å². The molecule has 0 aliphatic rings. The third kappa shape index (κ3) is 3.49. The number of rotatable bonds is 3. The number of hydrogen-bond donors (Lipinski definition) is 0. The average Bonchev–Trinajstić information content (AvgIpc) is 2.41. The van der Waals surface area contributed by atoms with Crippen LogP contribution in [0.25, 0.3) is 0 Å². The monoisotopic (exact) mass is 262 g/mol. The van der Waals surface area contributed by atoms with Crippen molar-refractivity contribution in [3.8, 4) is 0 Å². The van der Waals surface area contributed by atoms with Gasteiger partial charge in [-0.3, -0.25) is 4.79 Å². The smallest absolute Gasteiger partial charge is 0.305 e. The van der Waals surface area contributed by atoms with Crippen molar-refractivity contribution in [1.82, 2.24) is 4.57 Å². The van der Waals surface area contributed by atoms with E-state index in [2.05, 4.69) is 4.74 Å². The molecular weight excluding hydrogens is 248 g/mol. The molecule has 4 nitrogen and oxygen atoms in total. The van der Waals surface area contributed by atoms with E-state index in [0.29, 0.717) is 6.42 Å². The fourth-order valence-corrected chi connectivity index (χ4v) is 1.28. The Morgan fingerprint density at radius 1 is 1.64 bits per heavy atom. The Morgan fingerprint density at radius 3 is 2.71 bits per heavy atom. The highest BCUT2D eigenvalue weighted by atomic mass is 79.9. The number of ether oxygens (including phenoxy) is 1. The van der Waals surface area contributed by atoms with Gasteiger partial charge in [0.15, 0.2) is 0 Å². The molecule has 0 radical (unpaired) electrons. The van der Waals surface area contributed by atoms with Crippen molar-refractivity contribution in [1.29, 1.82) is 0 Å². The van der Waals surface area contributed by atoms with Crippen molar-refractivity contribution in [3.63, 3.8) is 0 Å². The van der Waals surface area contributed by atoms with Crippen LogP contribution in [-0.4, -0.2) is 17.6 Å². The molecule has 5 heteroatoms. The van der Waals surface area contributed by atoms with Crippen LogP contribution in [0.1, 0.15) is 12.1 Å². The van der Waals surface area contributed by atoms with Gasteiger partial charge in [-0.1, -0.05) is 0 Å². The molecule has 0 aliphatic heterocycles. The lowest BCUT2D eigenvalue weighted by Gasteiger charge is -1.95. The fourth-order valence-electron chi connectivity index (χ4n) is 1.28. The summed E-state index contributed by atoms with van der Waals surface area (Å²) in [5, 5.41) is 0. The lowest BCUT2D eigenvalue weighted by Crippen LogP contribution is -3.00. The topological polar surface area (TPSA) is 35.1 Å². The molecule has 0 atom stereocenters. The zero-order valence-corrected chi connectivity index (χ0v) is 10.2. The highest BCUT2D eigenvalue weighted by Gasteiger charge is 2.09. The first-order chi connectivity index (χ1) is 6.13. The van der Waals surface area contributed by atoms with E-state index in [1.54, 1.807) is 0 Å². The summed E-state index contributed by atoms with van der Waals surface area (Å²) in [6.45, 7) is 0. The zero-order valence-electron chi connectivity index (χ0n) is 8.66. The lowest BCUT2D eigenvalue weighted by atomic mass is 10.2. The van der Waals surface area contributed by atoms with E-state index in [-0.39, 0.29) is 23.0 Å². The van der Waals surface area contributed by atoms with Crippen LogP contribution in [0.3, 0.4) is 0 Å². The van der Waals surface area contributed by atoms with Crippen LogP contribution < -0.4 is 21.5 Å². The minimum atomic E-state index is -0.163. The number of carbonyl (C=O) groups is 1. The van der Waals surface area contributed by atoms with Crippen LogP contribution in [0.2, 0.25) is 0 Å². The third-order valence-corrected chi connectivity index (χ3v) is 1.97. The second-order valence-electron chi connectivity index (χ2n) is 3.09. The van der Waals surface area contributed by atoms with Crippen LogP contribution in [0.5, 0.6) is 0 Å². The molecule has 1 aromatic heterocycles. The maximum Gasteiger partial charge on any atom is 0.305 e. The Morgan fingerprint density at radius 2 is 2.29 bits per heavy atom. The van der Waals surface area contributed by atoms with Gasteiger partial charge in [-0.25, -0.2) is 9.13 Å². The zero-order chi connectivity index (χ0) is 9.84. The van der Waals surface area contributed by atoms with E-state index in [4.69, 9.17) is 0 Å². The van der Waals surface area contributed by atoms with Gasteiger partial charge in [0.2, 0.25) is 6.33 Å². The van der Waals surface area contributed by atoms with Crippen LogP contribution in [-0.2, 0) is 30.0 Å². The van der Waals surface area contributed by atoms with Crippen molar-refractivity contribution in [3.05, 3.63) is 18.2 Å². The first-order valence-corrected chi connectivity index (χ1v) is 4.20. The third-order valence-electron chi connectivity index (χ3n) is 1.97. The van der Waals surface area contributed by atoms with Gasteiger partial charge in [0.1, 0.15) is 11.9 Å². The molecule has 0 amide bonds. The predicted octanol–water partition coefficient (Wildman–Crippen LogP) is -3.04. The first-order valence-electron chi connectivity index (χ1n) is 4.20. The molecule has 0 saturated heterocycles. The van der Waals surface area contributed by atoms with Crippen molar-refractivity contribution in [2.75, 3.05) is 7.11 Å². The summed E-state index contributed by atoms with van der Waals surface area (Å²) in [7, 11) is 5.33. The van der Waals surface area contributed by atoms with Gasteiger partial charge in [0, 0.05) is 6.42 Å². The summed E-state index contributed by atoms with van der Waals surface area (Å²) >= 11 is 0. The molecule has 0 aliphatic carbocycles. The summed E-state index contributed by atoms with van der Waals surface area (Å²) in [4.78, 5) is 10.9. The molecular formula is C9H15BrN2O2. The SMILES string of the molecule is COC(=O)CCc1cn(C)c[n+]1C.[Br-]. The van der Waals surface area contributed by atoms with E-state index in [0.717, 1.165) is 12.1 Å². The Balaban J connectivity index is 0.00000169. The van der Waals surface area contributed by atoms with Gasteiger partial charge >= 0.3 is 5.97 Å². The highest BCUT2D eigenvalue weighted by molar-refractivity contribution is 5.69. The first kappa shape index (κ1) is 13.2. The van der Waals surface area contributed by atoms with E-state index in [1.807, 2.05) is 35.8 Å². The van der Waals surface area contributed by atoms with Crippen molar-refractivity contribution in [2.24, 2.45) is 14.1 Å². The maximum atomic E-state index is 10.9. The minimum absolute atomic E-state index is 0. The molecule has 1 heterocycles. The Hall–Kier alpha value is -0.840. The number of aryl methyl sites for hydroxylation is 3. The van der Waals surface area contributed by atoms with E-state index in [9.17, 15) is 4.79 Å². The number of nitrogens with zero attached hydrogens (tertiary/aromatic N) is 2. The molecule has 0 bridgehead atoms. The van der Waals surface area contributed by atoms with E-state index in [1.165, 1.54) is 7.11 Å². The van der Waals surface area contributed by atoms with E-state index < -0.39 is 0 Å². The quantitative estimate of drug-likeness (QED) is 0.429. The second kappa shape index (κ2) is 5.80. The molecule has 1 aromatic rings. The van der Waals surface area contributed by atoms with Crippen LogP contribution >= 0.6 is 0 Å². The number of halogens is 1. The Bertz CT molecular complexity index is 310. The van der Waals surface area contributed by atoms with Crippen molar-refractivity contribution >= 4 is 5.97 Å². The van der Waals surface area contributed by atoms with Crippen molar-refractivity contribution < 1.29 is 31.1 Å². The molecule has 0 spiro atoms. The van der Waals surface area contributed by atoms with Gasteiger partial charge in [-0.05, 0) is 0 Å². The number of carbonyl (C=O) groups excluding carboxylic acids is 1. The Kier molecular flexibility index (Phi) is 5.45. The number of aromatic nitrogens is 2. The van der Waals surface area contributed by atoms with Gasteiger partial charge in [0.25, 0.3) is 0 Å². The summed E-state index contributed by atoms with van der Waals surface area (Å²) in [6, 6.07) is 0. The lowest BCUT2D eigenvalue weighted by molar-refractivity contribution is -0.678. The second-order valence-corrected chi connectivity index (χ2v) is 3.09. The van der Waals surface area contributed by atoms with Crippen molar-refractivity contribution in [2.45, 2.75) is 12.8 Å². The molecule has 0 fully saturated rings.